The lowest BCUT2D eigenvalue weighted by Gasteiger charge is -2.06. The molecule has 0 aliphatic heterocycles. The summed E-state index contributed by atoms with van der Waals surface area (Å²) in [7, 11) is 1.63. The minimum absolute atomic E-state index is 0.319. The summed E-state index contributed by atoms with van der Waals surface area (Å²) in [5.74, 6) is 0.449. The molecule has 1 heterocycles. The number of esters is 1. The van der Waals surface area contributed by atoms with E-state index < -0.39 is 0 Å². The highest BCUT2D eigenvalue weighted by atomic mass is 16.5. The van der Waals surface area contributed by atoms with E-state index in [-0.39, 0.29) is 5.97 Å². The molecule has 0 amide bonds. The average molecular weight is 324 g/mol. The molecule has 0 spiro atoms. The van der Waals surface area contributed by atoms with Crippen LogP contribution in [0.25, 0.3) is 5.69 Å². The Balaban J connectivity index is 1.53. The number of rotatable bonds is 6. The number of hydrogen-bond donors (Lipinski definition) is 0. The van der Waals surface area contributed by atoms with E-state index in [0.29, 0.717) is 18.6 Å². The predicted molar refractivity (Wildman–Crippen MR) is 86.1 cm³/mol. The van der Waals surface area contributed by atoms with Crippen LogP contribution < -0.4 is 4.74 Å². The number of hydrogen-bond acceptors (Lipinski definition) is 6. The number of tetrazole rings is 1. The number of carbonyl (C=O) groups excluding carboxylic acids is 1. The van der Waals surface area contributed by atoms with E-state index in [1.165, 1.54) is 11.0 Å². The van der Waals surface area contributed by atoms with Crippen LogP contribution in [0, 0.1) is 0 Å². The molecule has 3 rings (SSSR count). The molecule has 0 fully saturated rings. The summed E-state index contributed by atoms with van der Waals surface area (Å²) in [5, 5.41) is 10.9. The number of carbonyl (C=O) groups is 1. The van der Waals surface area contributed by atoms with Crippen molar-refractivity contribution in [1.82, 2.24) is 20.2 Å². The van der Waals surface area contributed by atoms with Gasteiger partial charge < -0.3 is 9.47 Å². The van der Waals surface area contributed by atoms with Gasteiger partial charge in [0.1, 0.15) is 12.1 Å². The third kappa shape index (κ3) is 3.75. The van der Waals surface area contributed by atoms with Crippen molar-refractivity contribution < 1.29 is 14.3 Å². The summed E-state index contributed by atoms with van der Waals surface area (Å²) in [6.07, 6.45) is 2.14. The van der Waals surface area contributed by atoms with Crippen LogP contribution in [-0.4, -0.2) is 39.9 Å². The van der Waals surface area contributed by atoms with Crippen LogP contribution in [0.4, 0.5) is 0 Å². The molecule has 0 atom stereocenters. The molecule has 24 heavy (non-hydrogen) atoms. The molecule has 0 bridgehead atoms. The summed E-state index contributed by atoms with van der Waals surface area (Å²) in [6, 6.07) is 14.6. The van der Waals surface area contributed by atoms with Crippen LogP contribution in [0.2, 0.25) is 0 Å². The number of benzene rings is 2. The monoisotopic (exact) mass is 324 g/mol. The molecule has 2 aromatic carbocycles. The fourth-order valence-corrected chi connectivity index (χ4v) is 2.17. The zero-order valence-electron chi connectivity index (χ0n) is 13.1. The van der Waals surface area contributed by atoms with Crippen LogP contribution >= 0.6 is 0 Å². The lowest BCUT2D eigenvalue weighted by molar-refractivity contribution is 0.0509. The highest BCUT2D eigenvalue weighted by molar-refractivity contribution is 5.89. The van der Waals surface area contributed by atoms with Crippen molar-refractivity contribution in [2.24, 2.45) is 0 Å². The highest BCUT2D eigenvalue weighted by Gasteiger charge is 2.08. The topological polar surface area (TPSA) is 79.1 Å². The Morgan fingerprint density at radius 1 is 1.08 bits per heavy atom. The fourth-order valence-electron chi connectivity index (χ4n) is 2.17. The lowest BCUT2D eigenvalue weighted by Crippen LogP contribution is -2.08. The summed E-state index contributed by atoms with van der Waals surface area (Å²) in [4.78, 5) is 12.0. The van der Waals surface area contributed by atoms with Crippen molar-refractivity contribution >= 4 is 5.97 Å². The molecular formula is C17H16N4O3. The fraction of sp³-hybridized carbons (Fsp3) is 0.176. The van der Waals surface area contributed by atoms with Gasteiger partial charge in [0.05, 0.1) is 25.0 Å². The molecule has 0 unspecified atom stereocenters. The zero-order valence-corrected chi connectivity index (χ0v) is 13.1. The molecule has 7 heteroatoms. The second-order valence-corrected chi connectivity index (χ2v) is 5.04. The van der Waals surface area contributed by atoms with E-state index in [1.54, 1.807) is 31.4 Å². The third-order valence-electron chi connectivity index (χ3n) is 3.50. The van der Waals surface area contributed by atoms with E-state index in [1.807, 2.05) is 24.3 Å². The first-order chi connectivity index (χ1) is 11.8. The van der Waals surface area contributed by atoms with Crippen molar-refractivity contribution in [2.75, 3.05) is 13.7 Å². The molecule has 0 N–H and O–H groups in total. The van der Waals surface area contributed by atoms with Crippen LogP contribution in [0.5, 0.6) is 5.75 Å². The van der Waals surface area contributed by atoms with Gasteiger partial charge in [-0.2, -0.15) is 0 Å². The van der Waals surface area contributed by atoms with Crippen molar-refractivity contribution in [2.45, 2.75) is 6.42 Å². The van der Waals surface area contributed by atoms with E-state index in [4.69, 9.17) is 9.47 Å². The first-order valence-corrected chi connectivity index (χ1v) is 7.40. The quantitative estimate of drug-likeness (QED) is 0.646. The SMILES string of the molecule is COc1ccc(CCOC(=O)c2ccc(-n3cnnn3)cc2)cc1. The van der Waals surface area contributed by atoms with Gasteiger partial charge in [0.15, 0.2) is 0 Å². The van der Waals surface area contributed by atoms with Gasteiger partial charge in [0.2, 0.25) is 0 Å². The molecule has 0 saturated heterocycles. The second kappa shape index (κ2) is 7.36. The van der Waals surface area contributed by atoms with E-state index in [0.717, 1.165) is 17.0 Å². The molecule has 3 aromatic rings. The molecule has 0 aliphatic rings. The van der Waals surface area contributed by atoms with Crippen molar-refractivity contribution in [3.63, 3.8) is 0 Å². The number of aromatic nitrogens is 4. The number of nitrogens with zero attached hydrogens (tertiary/aromatic N) is 4. The Bertz CT molecular complexity index is 784. The zero-order chi connectivity index (χ0) is 16.8. The van der Waals surface area contributed by atoms with Crippen LogP contribution in [0.15, 0.2) is 54.9 Å². The van der Waals surface area contributed by atoms with Crippen LogP contribution in [0.1, 0.15) is 15.9 Å². The normalized spacial score (nSPS) is 10.4. The molecular weight excluding hydrogens is 308 g/mol. The Morgan fingerprint density at radius 3 is 2.46 bits per heavy atom. The Hall–Kier alpha value is -3.22. The van der Waals surface area contributed by atoms with Gasteiger partial charge in [-0.15, -0.1) is 5.10 Å². The maximum absolute atomic E-state index is 12.0. The summed E-state index contributed by atoms with van der Waals surface area (Å²) >= 11 is 0. The van der Waals surface area contributed by atoms with Crippen LogP contribution in [0.3, 0.4) is 0 Å². The van der Waals surface area contributed by atoms with Gasteiger partial charge in [-0.3, -0.25) is 0 Å². The molecule has 0 radical (unpaired) electrons. The van der Waals surface area contributed by atoms with E-state index in [2.05, 4.69) is 15.5 Å². The van der Waals surface area contributed by atoms with Gasteiger partial charge >= 0.3 is 5.97 Å². The summed E-state index contributed by atoms with van der Waals surface area (Å²) in [5.41, 5.74) is 2.34. The maximum atomic E-state index is 12.0. The largest absolute Gasteiger partial charge is 0.497 e. The Labute approximate surface area is 138 Å². The number of ether oxygens (including phenoxy) is 2. The smallest absolute Gasteiger partial charge is 0.338 e. The summed E-state index contributed by atoms with van der Waals surface area (Å²) < 4.78 is 11.9. The standard InChI is InChI=1S/C17H16N4O3/c1-23-16-8-2-13(3-9-16)10-11-24-17(22)14-4-6-15(7-5-14)21-12-18-19-20-21/h2-9,12H,10-11H2,1H3. The molecule has 7 nitrogen and oxygen atoms in total. The van der Waals surface area contributed by atoms with Crippen LogP contribution in [-0.2, 0) is 11.2 Å². The van der Waals surface area contributed by atoms with Gasteiger partial charge in [-0.1, -0.05) is 12.1 Å². The van der Waals surface area contributed by atoms with Gasteiger partial charge in [-0.25, -0.2) is 9.48 Å². The first-order valence-electron chi connectivity index (χ1n) is 7.40. The first kappa shape index (κ1) is 15.7. The van der Waals surface area contributed by atoms with Crippen molar-refractivity contribution in [3.05, 3.63) is 66.0 Å². The highest BCUT2D eigenvalue weighted by Crippen LogP contribution is 2.12. The third-order valence-corrected chi connectivity index (χ3v) is 3.50. The van der Waals surface area contributed by atoms with Crippen molar-refractivity contribution in [1.29, 1.82) is 0 Å². The lowest BCUT2D eigenvalue weighted by atomic mass is 10.1. The summed E-state index contributed by atoms with van der Waals surface area (Å²) in [6.45, 7) is 0.319. The van der Waals surface area contributed by atoms with E-state index >= 15 is 0 Å². The second-order valence-electron chi connectivity index (χ2n) is 5.04. The predicted octanol–water partition coefficient (Wildman–Crippen LogP) is 2.07. The van der Waals surface area contributed by atoms with E-state index in [9.17, 15) is 4.79 Å². The average Bonchev–Trinajstić information content (AvgIpc) is 3.17. The molecule has 1 aromatic heterocycles. The minimum Gasteiger partial charge on any atom is -0.497 e. The molecule has 0 aliphatic carbocycles. The van der Waals surface area contributed by atoms with Gasteiger partial charge in [-0.05, 0) is 52.4 Å². The molecule has 122 valence electrons. The van der Waals surface area contributed by atoms with Gasteiger partial charge in [0, 0.05) is 6.42 Å². The minimum atomic E-state index is -0.355. The maximum Gasteiger partial charge on any atom is 0.338 e. The van der Waals surface area contributed by atoms with Crippen molar-refractivity contribution in [3.8, 4) is 11.4 Å². The number of methoxy groups -OCH3 is 1. The van der Waals surface area contributed by atoms with Gasteiger partial charge in [0.25, 0.3) is 0 Å². The molecule has 0 saturated carbocycles. The Morgan fingerprint density at radius 2 is 1.83 bits per heavy atom. The Kier molecular flexibility index (Phi) is 4.81.